The number of rotatable bonds is 8. The van der Waals surface area contributed by atoms with Crippen LogP contribution >= 0.6 is 0 Å². The second kappa shape index (κ2) is 8.84. The van der Waals surface area contributed by atoms with Crippen LogP contribution in [0.1, 0.15) is 37.7 Å². The molecule has 5 rings (SSSR count). The second-order valence-corrected chi connectivity index (χ2v) is 9.89. The van der Waals surface area contributed by atoms with Gasteiger partial charge in [0.1, 0.15) is 23.7 Å². The summed E-state index contributed by atoms with van der Waals surface area (Å²) in [4.78, 5) is 15.8. The zero-order valence-corrected chi connectivity index (χ0v) is 19.1. The zero-order chi connectivity index (χ0) is 22.1. The quantitative estimate of drug-likeness (QED) is 0.591. The lowest BCUT2D eigenvalue weighted by Crippen LogP contribution is -2.40. The summed E-state index contributed by atoms with van der Waals surface area (Å²) in [6, 6.07) is 11.0. The predicted octanol–water partition coefficient (Wildman–Crippen LogP) is 3.68. The molecule has 7 nitrogen and oxygen atoms in total. The van der Waals surface area contributed by atoms with E-state index in [1.165, 1.54) is 12.8 Å². The van der Waals surface area contributed by atoms with Gasteiger partial charge in [-0.25, -0.2) is 4.72 Å². The van der Waals surface area contributed by atoms with Gasteiger partial charge in [-0.15, -0.1) is 0 Å². The Balaban J connectivity index is 1.41. The Bertz CT molecular complexity index is 1000. The molecule has 1 saturated carbocycles. The Morgan fingerprint density at radius 3 is 2.66 bits per heavy atom. The summed E-state index contributed by atoms with van der Waals surface area (Å²) in [6.07, 6.45) is 5.17. The van der Waals surface area contributed by atoms with Gasteiger partial charge in [-0.3, -0.25) is 9.69 Å². The summed E-state index contributed by atoms with van der Waals surface area (Å²) < 4.78 is 27.7. The molecule has 1 spiro atoms. The average Bonchev–Trinajstić information content (AvgIpc) is 3.38. The first-order valence-electron chi connectivity index (χ1n) is 11.3. The molecule has 1 amide bonds. The van der Waals surface area contributed by atoms with Crippen molar-refractivity contribution in [1.82, 2.24) is 4.90 Å². The number of anilines is 2. The molecule has 2 aromatic rings. The van der Waals surface area contributed by atoms with Crippen molar-refractivity contribution in [3.8, 4) is 11.5 Å². The van der Waals surface area contributed by atoms with Gasteiger partial charge in [0.2, 0.25) is 10.8 Å². The first-order chi connectivity index (χ1) is 15.6. The molecule has 2 aliphatic heterocycles. The van der Waals surface area contributed by atoms with Gasteiger partial charge in [-0.1, -0.05) is 18.6 Å². The maximum absolute atomic E-state index is 13.1. The smallest absolute Gasteiger partial charge is 0.235 e. The summed E-state index contributed by atoms with van der Waals surface area (Å²) in [7, 11) is 1.56. The van der Waals surface area contributed by atoms with E-state index in [2.05, 4.69) is 14.9 Å². The molecule has 1 atom stereocenters. The maximum atomic E-state index is 13.1. The standard InChI is InChI=1S/C24H29N3O4S/c1-30-19-7-2-3-8-21(19)32(29)26-17-15-18-22(25-23(28)24(18)9-6-10-24)20(16-17)31-14-13-27-11-4-5-12-27/h2-3,7-8,15-16,26H,4-6,9-14H2,1H3,(H,25,28)/t32-/m0/s1. The van der Waals surface area contributed by atoms with E-state index in [1.54, 1.807) is 19.2 Å². The fraction of sp³-hybridized carbons (Fsp3) is 0.458. The zero-order valence-electron chi connectivity index (χ0n) is 18.3. The third kappa shape index (κ3) is 3.80. The SMILES string of the molecule is COc1ccccc1[S@+]([O-])Nc1cc(OCCN2CCCC2)c2c(c1)C1(CCC1)C(=O)N2. The monoisotopic (exact) mass is 455 g/mol. The molecule has 2 fully saturated rings. The lowest BCUT2D eigenvalue weighted by Gasteiger charge is -2.36. The summed E-state index contributed by atoms with van der Waals surface area (Å²) in [5, 5.41) is 3.07. The molecule has 0 bridgehead atoms. The highest BCUT2D eigenvalue weighted by atomic mass is 32.2. The highest BCUT2D eigenvalue weighted by Gasteiger charge is 2.52. The number of fused-ring (bicyclic) bond motifs is 2. The molecule has 0 radical (unpaired) electrons. The lowest BCUT2D eigenvalue weighted by atomic mass is 9.65. The van der Waals surface area contributed by atoms with E-state index in [-0.39, 0.29) is 5.91 Å². The molecule has 1 saturated heterocycles. The van der Waals surface area contributed by atoms with Crippen LogP contribution in [-0.4, -0.2) is 48.7 Å². The normalized spacial score (nSPS) is 19.9. The van der Waals surface area contributed by atoms with Crippen molar-refractivity contribution in [2.45, 2.75) is 42.4 Å². The van der Waals surface area contributed by atoms with Gasteiger partial charge in [0.15, 0.2) is 5.75 Å². The largest absolute Gasteiger partial charge is 0.588 e. The van der Waals surface area contributed by atoms with Crippen molar-refractivity contribution in [3.63, 3.8) is 0 Å². The fourth-order valence-corrected chi connectivity index (χ4v) is 5.88. The van der Waals surface area contributed by atoms with Gasteiger partial charge in [0.05, 0.1) is 23.9 Å². The van der Waals surface area contributed by atoms with E-state index in [1.807, 2.05) is 24.3 Å². The number of methoxy groups -OCH3 is 1. The highest BCUT2D eigenvalue weighted by molar-refractivity contribution is 7.92. The number of likely N-dealkylation sites (tertiary alicyclic amines) is 1. The number of carbonyl (C=O) groups excluding carboxylic acids is 1. The first-order valence-corrected chi connectivity index (χ1v) is 12.4. The topological polar surface area (TPSA) is 85.9 Å². The molecule has 8 heteroatoms. The number of amides is 1. The van der Waals surface area contributed by atoms with Crippen LogP contribution in [0.5, 0.6) is 11.5 Å². The van der Waals surface area contributed by atoms with Crippen molar-refractivity contribution in [3.05, 3.63) is 42.0 Å². The van der Waals surface area contributed by atoms with Crippen LogP contribution < -0.4 is 19.5 Å². The van der Waals surface area contributed by atoms with Crippen molar-refractivity contribution >= 4 is 28.6 Å². The van der Waals surface area contributed by atoms with E-state index in [0.29, 0.717) is 28.7 Å². The molecule has 0 aromatic heterocycles. The van der Waals surface area contributed by atoms with Crippen LogP contribution in [0.4, 0.5) is 11.4 Å². The van der Waals surface area contributed by atoms with Crippen molar-refractivity contribution in [2.75, 3.05) is 43.4 Å². The second-order valence-electron chi connectivity index (χ2n) is 8.71. The third-order valence-corrected chi connectivity index (χ3v) is 8.00. The van der Waals surface area contributed by atoms with Gasteiger partial charge in [-0.2, -0.15) is 0 Å². The Labute approximate surface area is 191 Å². The fourth-order valence-electron chi connectivity index (χ4n) is 4.90. The molecule has 2 N–H and O–H groups in total. The molecule has 3 aliphatic rings. The van der Waals surface area contributed by atoms with Crippen LogP contribution in [0, 0.1) is 0 Å². The predicted molar refractivity (Wildman–Crippen MR) is 125 cm³/mol. The lowest BCUT2D eigenvalue weighted by molar-refractivity contribution is -0.123. The minimum Gasteiger partial charge on any atom is -0.588 e. The Kier molecular flexibility index (Phi) is 5.92. The number of ether oxygens (including phenoxy) is 2. The number of hydrogen-bond acceptors (Lipinski definition) is 6. The van der Waals surface area contributed by atoms with E-state index in [4.69, 9.17) is 9.47 Å². The van der Waals surface area contributed by atoms with Crippen LogP contribution in [0.25, 0.3) is 0 Å². The first kappa shape index (κ1) is 21.4. The van der Waals surface area contributed by atoms with Crippen LogP contribution in [-0.2, 0) is 21.6 Å². The average molecular weight is 456 g/mol. The van der Waals surface area contributed by atoms with Gasteiger partial charge in [-0.05, 0) is 62.5 Å². The van der Waals surface area contributed by atoms with Gasteiger partial charge < -0.3 is 19.3 Å². The molecule has 1 aliphatic carbocycles. The Morgan fingerprint density at radius 1 is 1.16 bits per heavy atom. The van der Waals surface area contributed by atoms with Gasteiger partial charge in [0.25, 0.3) is 0 Å². The van der Waals surface area contributed by atoms with Crippen molar-refractivity contribution < 1.29 is 18.8 Å². The minimum absolute atomic E-state index is 0.0474. The molecule has 2 heterocycles. The number of nitrogens with zero attached hydrogens (tertiary/aromatic N) is 1. The number of hydrogen-bond donors (Lipinski definition) is 2. The van der Waals surface area contributed by atoms with E-state index < -0.39 is 16.8 Å². The number of para-hydroxylation sites is 1. The van der Waals surface area contributed by atoms with Crippen LogP contribution in [0.3, 0.4) is 0 Å². The number of carbonyl (C=O) groups is 1. The summed E-state index contributed by atoms with van der Waals surface area (Å²) >= 11 is -1.52. The maximum Gasteiger partial charge on any atom is 0.235 e. The van der Waals surface area contributed by atoms with Crippen LogP contribution in [0.15, 0.2) is 41.3 Å². The molecule has 32 heavy (non-hydrogen) atoms. The number of benzene rings is 2. The van der Waals surface area contributed by atoms with Crippen molar-refractivity contribution in [2.24, 2.45) is 0 Å². The van der Waals surface area contributed by atoms with E-state index >= 15 is 0 Å². The van der Waals surface area contributed by atoms with Crippen LogP contribution in [0.2, 0.25) is 0 Å². The summed E-state index contributed by atoms with van der Waals surface area (Å²) in [5.74, 6) is 1.25. The summed E-state index contributed by atoms with van der Waals surface area (Å²) in [5.41, 5.74) is 1.91. The third-order valence-electron chi connectivity index (χ3n) is 6.84. The molecule has 0 unspecified atom stereocenters. The van der Waals surface area contributed by atoms with E-state index in [0.717, 1.165) is 50.1 Å². The Morgan fingerprint density at radius 2 is 1.94 bits per heavy atom. The minimum atomic E-state index is -1.52. The molecular weight excluding hydrogens is 426 g/mol. The van der Waals surface area contributed by atoms with E-state index in [9.17, 15) is 9.35 Å². The van der Waals surface area contributed by atoms with Gasteiger partial charge >= 0.3 is 0 Å². The number of nitrogens with one attached hydrogen (secondary N) is 2. The molecular formula is C24H29N3O4S. The molecule has 2 aromatic carbocycles. The van der Waals surface area contributed by atoms with Crippen molar-refractivity contribution in [1.29, 1.82) is 0 Å². The molecule has 170 valence electrons. The summed E-state index contributed by atoms with van der Waals surface area (Å²) in [6.45, 7) is 3.63. The highest BCUT2D eigenvalue weighted by Crippen LogP contribution is 2.54. The Hall–Kier alpha value is -2.42. The van der Waals surface area contributed by atoms with Gasteiger partial charge in [0, 0.05) is 12.6 Å².